The summed E-state index contributed by atoms with van der Waals surface area (Å²) < 4.78 is 1.74. The van der Waals surface area contributed by atoms with Crippen molar-refractivity contribution in [1.29, 1.82) is 0 Å². The molecular formula is C13H22N4OS. The second kappa shape index (κ2) is 6.32. The zero-order chi connectivity index (χ0) is 13.8. The van der Waals surface area contributed by atoms with Crippen LogP contribution in [-0.2, 0) is 13.6 Å². The number of amides is 2. The molecule has 0 spiro atoms. The standard InChI is InChI=1S/C13H22N4OS/c1-10(2)12-9-17(4-5-19-12)13(18)14-6-11-7-15-16(3)8-11/h7-8,10,12H,4-6,9H2,1-3H3,(H,14,18). The van der Waals surface area contributed by atoms with Gasteiger partial charge in [-0.2, -0.15) is 16.9 Å². The SMILES string of the molecule is CC(C)C1CN(C(=O)NCc2cnn(C)c2)CCS1. The maximum atomic E-state index is 12.1. The Kier molecular flexibility index (Phi) is 4.74. The van der Waals surface area contributed by atoms with Crippen molar-refractivity contribution in [3.63, 3.8) is 0 Å². The van der Waals surface area contributed by atoms with E-state index in [0.717, 1.165) is 24.4 Å². The van der Waals surface area contributed by atoms with Gasteiger partial charge in [0.1, 0.15) is 0 Å². The van der Waals surface area contributed by atoms with E-state index in [1.807, 2.05) is 29.9 Å². The van der Waals surface area contributed by atoms with Gasteiger partial charge < -0.3 is 10.2 Å². The molecule has 1 aliphatic rings. The molecule has 2 heterocycles. The lowest BCUT2D eigenvalue weighted by molar-refractivity contribution is 0.196. The molecule has 1 unspecified atom stereocenters. The molecule has 0 saturated carbocycles. The highest BCUT2D eigenvalue weighted by molar-refractivity contribution is 8.00. The second-order valence-electron chi connectivity index (χ2n) is 5.28. The first kappa shape index (κ1) is 14.2. The molecule has 1 saturated heterocycles. The molecule has 6 heteroatoms. The van der Waals surface area contributed by atoms with Crippen molar-refractivity contribution in [3.8, 4) is 0 Å². The minimum atomic E-state index is 0.0369. The summed E-state index contributed by atoms with van der Waals surface area (Å²) in [7, 11) is 1.88. The number of thioether (sulfide) groups is 1. The number of carbonyl (C=O) groups excluding carboxylic acids is 1. The van der Waals surface area contributed by atoms with Crippen LogP contribution >= 0.6 is 11.8 Å². The Bertz CT molecular complexity index is 432. The molecule has 0 bridgehead atoms. The average molecular weight is 282 g/mol. The molecule has 106 valence electrons. The third-order valence-corrected chi connectivity index (χ3v) is 4.87. The summed E-state index contributed by atoms with van der Waals surface area (Å²) in [4.78, 5) is 14.1. The maximum absolute atomic E-state index is 12.1. The quantitative estimate of drug-likeness (QED) is 0.918. The fourth-order valence-electron chi connectivity index (χ4n) is 2.12. The third-order valence-electron chi connectivity index (χ3n) is 3.33. The zero-order valence-corrected chi connectivity index (χ0v) is 12.6. The molecule has 19 heavy (non-hydrogen) atoms. The molecule has 1 aliphatic heterocycles. The third kappa shape index (κ3) is 3.89. The normalized spacial score (nSPS) is 19.8. The molecule has 1 aromatic heterocycles. The Morgan fingerprint density at radius 3 is 3.05 bits per heavy atom. The van der Waals surface area contributed by atoms with Crippen LogP contribution in [0.1, 0.15) is 19.4 Å². The minimum absolute atomic E-state index is 0.0369. The predicted molar refractivity (Wildman–Crippen MR) is 78.1 cm³/mol. The second-order valence-corrected chi connectivity index (χ2v) is 6.63. The van der Waals surface area contributed by atoms with E-state index in [1.165, 1.54) is 0 Å². The lowest BCUT2D eigenvalue weighted by Gasteiger charge is -2.34. The monoisotopic (exact) mass is 282 g/mol. The summed E-state index contributed by atoms with van der Waals surface area (Å²) in [5.41, 5.74) is 1.03. The summed E-state index contributed by atoms with van der Waals surface area (Å²) >= 11 is 1.98. The van der Waals surface area contributed by atoms with Gasteiger partial charge in [-0.1, -0.05) is 13.8 Å². The van der Waals surface area contributed by atoms with E-state index in [2.05, 4.69) is 24.3 Å². The van der Waals surface area contributed by atoms with Gasteiger partial charge in [-0.05, 0) is 5.92 Å². The summed E-state index contributed by atoms with van der Waals surface area (Å²) in [5.74, 6) is 1.64. The van der Waals surface area contributed by atoms with E-state index in [9.17, 15) is 4.79 Å². The fraction of sp³-hybridized carbons (Fsp3) is 0.692. The number of nitrogens with one attached hydrogen (secondary N) is 1. The first-order valence-corrected chi connectivity index (χ1v) is 7.73. The van der Waals surface area contributed by atoms with Crippen LogP contribution in [0.3, 0.4) is 0 Å². The largest absolute Gasteiger partial charge is 0.334 e. The van der Waals surface area contributed by atoms with Crippen LogP contribution in [-0.4, -0.2) is 44.8 Å². The van der Waals surface area contributed by atoms with Crippen LogP contribution < -0.4 is 5.32 Å². The maximum Gasteiger partial charge on any atom is 0.317 e. The van der Waals surface area contributed by atoms with Crippen LogP contribution in [0.25, 0.3) is 0 Å². The highest BCUT2D eigenvalue weighted by Gasteiger charge is 2.25. The van der Waals surface area contributed by atoms with Crippen molar-refractivity contribution >= 4 is 17.8 Å². The molecule has 0 aromatic carbocycles. The van der Waals surface area contributed by atoms with Crippen molar-refractivity contribution < 1.29 is 4.79 Å². The first-order chi connectivity index (χ1) is 9.06. The zero-order valence-electron chi connectivity index (χ0n) is 11.8. The van der Waals surface area contributed by atoms with Gasteiger partial charge in [0, 0.05) is 49.4 Å². The van der Waals surface area contributed by atoms with E-state index in [1.54, 1.807) is 10.9 Å². The first-order valence-electron chi connectivity index (χ1n) is 6.68. The highest BCUT2D eigenvalue weighted by Crippen LogP contribution is 2.24. The molecule has 2 rings (SSSR count). The number of hydrogen-bond donors (Lipinski definition) is 1. The van der Waals surface area contributed by atoms with Gasteiger partial charge in [-0.15, -0.1) is 0 Å². The molecule has 0 aliphatic carbocycles. The van der Waals surface area contributed by atoms with Gasteiger partial charge >= 0.3 is 6.03 Å². The summed E-state index contributed by atoms with van der Waals surface area (Å²) in [6.45, 7) is 6.67. The van der Waals surface area contributed by atoms with Crippen molar-refractivity contribution in [2.75, 3.05) is 18.8 Å². The number of aryl methyl sites for hydroxylation is 1. The molecule has 0 radical (unpaired) electrons. The Hall–Kier alpha value is -1.17. The van der Waals surface area contributed by atoms with Gasteiger partial charge in [0.15, 0.2) is 0 Å². The van der Waals surface area contributed by atoms with Crippen LogP contribution in [0.2, 0.25) is 0 Å². The van der Waals surface area contributed by atoms with Gasteiger partial charge in [0.25, 0.3) is 0 Å². The van der Waals surface area contributed by atoms with Gasteiger partial charge in [0.2, 0.25) is 0 Å². The topological polar surface area (TPSA) is 50.2 Å². The Morgan fingerprint density at radius 1 is 1.63 bits per heavy atom. The van der Waals surface area contributed by atoms with E-state index in [-0.39, 0.29) is 6.03 Å². The van der Waals surface area contributed by atoms with Crippen molar-refractivity contribution in [1.82, 2.24) is 20.0 Å². The number of urea groups is 1. The summed E-state index contributed by atoms with van der Waals surface area (Å²) in [6.07, 6.45) is 3.70. The smallest absolute Gasteiger partial charge is 0.317 e. The molecule has 1 atom stereocenters. The van der Waals surface area contributed by atoms with Gasteiger partial charge in [0.05, 0.1) is 6.20 Å². The summed E-state index contributed by atoms with van der Waals surface area (Å²) in [5, 5.41) is 7.61. The van der Waals surface area contributed by atoms with E-state index in [4.69, 9.17) is 0 Å². The number of nitrogens with zero attached hydrogens (tertiary/aromatic N) is 3. The lowest BCUT2D eigenvalue weighted by Crippen LogP contribution is -2.47. The number of aromatic nitrogens is 2. The highest BCUT2D eigenvalue weighted by atomic mass is 32.2. The Morgan fingerprint density at radius 2 is 2.42 bits per heavy atom. The van der Waals surface area contributed by atoms with Crippen LogP contribution in [0.5, 0.6) is 0 Å². The number of rotatable bonds is 3. The van der Waals surface area contributed by atoms with Crippen molar-refractivity contribution in [2.45, 2.75) is 25.6 Å². The molecule has 2 amide bonds. The van der Waals surface area contributed by atoms with E-state index < -0.39 is 0 Å². The van der Waals surface area contributed by atoms with E-state index in [0.29, 0.717) is 17.7 Å². The van der Waals surface area contributed by atoms with Gasteiger partial charge in [-0.3, -0.25) is 4.68 Å². The molecule has 1 aromatic rings. The lowest BCUT2D eigenvalue weighted by atomic mass is 10.1. The average Bonchev–Trinajstić information content (AvgIpc) is 2.82. The van der Waals surface area contributed by atoms with E-state index >= 15 is 0 Å². The predicted octanol–water partition coefficient (Wildman–Crippen LogP) is 1.70. The van der Waals surface area contributed by atoms with Crippen LogP contribution in [0.15, 0.2) is 12.4 Å². The minimum Gasteiger partial charge on any atom is -0.334 e. The Balaban J connectivity index is 1.82. The fourth-order valence-corrected chi connectivity index (χ4v) is 3.41. The number of hydrogen-bond acceptors (Lipinski definition) is 3. The van der Waals surface area contributed by atoms with Crippen LogP contribution in [0, 0.1) is 5.92 Å². The molecular weight excluding hydrogens is 260 g/mol. The van der Waals surface area contributed by atoms with Crippen molar-refractivity contribution in [3.05, 3.63) is 18.0 Å². The Labute approximate surface area is 118 Å². The number of carbonyl (C=O) groups is 1. The summed E-state index contributed by atoms with van der Waals surface area (Å²) in [6, 6.07) is 0.0369. The molecule has 1 fully saturated rings. The van der Waals surface area contributed by atoms with Gasteiger partial charge in [-0.25, -0.2) is 4.79 Å². The van der Waals surface area contributed by atoms with Crippen LogP contribution in [0.4, 0.5) is 4.79 Å². The molecule has 5 nitrogen and oxygen atoms in total. The van der Waals surface area contributed by atoms with Crippen molar-refractivity contribution in [2.24, 2.45) is 13.0 Å². The molecule has 1 N–H and O–H groups in total.